The van der Waals surface area contributed by atoms with Crippen LogP contribution in [0.4, 0.5) is 0 Å². The molecule has 1 saturated heterocycles. The summed E-state index contributed by atoms with van der Waals surface area (Å²) in [4.78, 5) is 0. The lowest BCUT2D eigenvalue weighted by molar-refractivity contribution is 0.562. The SMILES string of the molecule is CN(CC1CN1)SCc1ccc(Br)cc1. The Hall–Kier alpha value is -0.0300. The van der Waals surface area contributed by atoms with Crippen LogP contribution in [0.3, 0.4) is 0 Å². The average Bonchev–Trinajstić information content (AvgIpc) is 3.01. The Morgan fingerprint density at radius 2 is 2.13 bits per heavy atom. The van der Waals surface area contributed by atoms with E-state index in [9.17, 15) is 0 Å². The van der Waals surface area contributed by atoms with E-state index in [0.717, 1.165) is 22.8 Å². The lowest BCUT2D eigenvalue weighted by Gasteiger charge is -2.14. The van der Waals surface area contributed by atoms with Gasteiger partial charge in [-0.3, -0.25) is 4.31 Å². The van der Waals surface area contributed by atoms with Crippen LogP contribution in [0, 0.1) is 0 Å². The van der Waals surface area contributed by atoms with Gasteiger partial charge in [-0.15, -0.1) is 0 Å². The number of hydrogen-bond acceptors (Lipinski definition) is 3. The third-order valence-electron chi connectivity index (χ3n) is 2.34. The van der Waals surface area contributed by atoms with Crippen molar-refractivity contribution in [1.82, 2.24) is 9.62 Å². The number of benzene rings is 1. The molecule has 1 aliphatic rings. The van der Waals surface area contributed by atoms with E-state index in [-0.39, 0.29) is 0 Å². The summed E-state index contributed by atoms with van der Waals surface area (Å²) in [6, 6.07) is 9.25. The molecule has 4 heteroatoms. The van der Waals surface area contributed by atoms with Gasteiger partial charge in [-0.05, 0) is 24.7 Å². The van der Waals surface area contributed by atoms with E-state index in [4.69, 9.17) is 0 Å². The third kappa shape index (κ3) is 4.15. The molecule has 2 nitrogen and oxygen atoms in total. The molecule has 0 aromatic heterocycles. The first-order valence-corrected chi connectivity index (χ1v) is 6.79. The first-order valence-electron chi connectivity index (χ1n) is 5.06. The summed E-state index contributed by atoms with van der Waals surface area (Å²) in [6.07, 6.45) is 0. The van der Waals surface area contributed by atoms with Crippen molar-refractivity contribution in [3.05, 3.63) is 34.3 Å². The van der Waals surface area contributed by atoms with Crippen molar-refractivity contribution in [2.75, 3.05) is 20.1 Å². The largest absolute Gasteiger partial charge is 0.310 e. The zero-order valence-electron chi connectivity index (χ0n) is 8.74. The van der Waals surface area contributed by atoms with Gasteiger partial charge in [0, 0.05) is 29.4 Å². The highest BCUT2D eigenvalue weighted by atomic mass is 79.9. The minimum Gasteiger partial charge on any atom is -0.310 e. The molecule has 1 N–H and O–H groups in total. The summed E-state index contributed by atoms with van der Waals surface area (Å²) in [5, 5.41) is 3.31. The number of rotatable bonds is 5. The maximum Gasteiger partial charge on any atom is 0.0332 e. The summed E-state index contributed by atoms with van der Waals surface area (Å²) >= 11 is 5.32. The van der Waals surface area contributed by atoms with Crippen LogP contribution in [0.15, 0.2) is 28.7 Å². The van der Waals surface area contributed by atoms with Crippen molar-refractivity contribution in [3.63, 3.8) is 0 Å². The summed E-state index contributed by atoms with van der Waals surface area (Å²) in [5.74, 6) is 1.05. The van der Waals surface area contributed by atoms with E-state index in [1.165, 1.54) is 12.1 Å². The fourth-order valence-corrected chi connectivity index (χ4v) is 2.45. The van der Waals surface area contributed by atoms with Crippen molar-refractivity contribution in [2.24, 2.45) is 0 Å². The predicted octanol–water partition coefficient (Wildman–Crippen LogP) is 2.50. The molecule has 0 amide bonds. The summed E-state index contributed by atoms with van der Waals surface area (Å²) < 4.78 is 3.46. The van der Waals surface area contributed by atoms with Crippen LogP contribution in [0.1, 0.15) is 5.56 Å². The smallest absolute Gasteiger partial charge is 0.0332 e. The minimum atomic E-state index is 0.729. The number of hydrogen-bond donors (Lipinski definition) is 1. The number of nitrogens with zero attached hydrogens (tertiary/aromatic N) is 1. The van der Waals surface area contributed by atoms with Crippen molar-refractivity contribution >= 4 is 27.9 Å². The van der Waals surface area contributed by atoms with Gasteiger partial charge in [-0.2, -0.15) is 0 Å². The van der Waals surface area contributed by atoms with E-state index >= 15 is 0 Å². The Morgan fingerprint density at radius 3 is 2.73 bits per heavy atom. The second-order valence-electron chi connectivity index (χ2n) is 3.82. The first-order chi connectivity index (χ1) is 7.24. The van der Waals surface area contributed by atoms with Crippen molar-refractivity contribution in [3.8, 4) is 0 Å². The molecule has 1 atom stereocenters. The second-order valence-corrected chi connectivity index (χ2v) is 5.90. The molecular weight excluding hydrogens is 272 g/mol. The van der Waals surface area contributed by atoms with Gasteiger partial charge in [0.25, 0.3) is 0 Å². The van der Waals surface area contributed by atoms with Gasteiger partial charge in [0.15, 0.2) is 0 Å². The monoisotopic (exact) mass is 286 g/mol. The van der Waals surface area contributed by atoms with Crippen LogP contribution in [-0.4, -0.2) is 30.5 Å². The van der Waals surface area contributed by atoms with Crippen molar-refractivity contribution in [1.29, 1.82) is 0 Å². The van der Waals surface area contributed by atoms with Gasteiger partial charge in [0.1, 0.15) is 0 Å². The predicted molar refractivity (Wildman–Crippen MR) is 69.9 cm³/mol. The second kappa shape index (κ2) is 5.34. The number of halogens is 1. The highest BCUT2D eigenvalue weighted by molar-refractivity contribution is 9.10. The van der Waals surface area contributed by atoms with Crippen LogP contribution in [0.2, 0.25) is 0 Å². The molecule has 0 saturated carbocycles. The quantitative estimate of drug-likeness (QED) is 0.665. The summed E-state index contributed by atoms with van der Waals surface area (Å²) in [7, 11) is 2.16. The highest BCUT2D eigenvalue weighted by Gasteiger charge is 2.21. The molecule has 1 aliphatic heterocycles. The van der Waals surface area contributed by atoms with Crippen molar-refractivity contribution in [2.45, 2.75) is 11.8 Å². The van der Waals surface area contributed by atoms with Crippen LogP contribution in [0.5, 0.6) is 0 Å². The van der Waals surface area contributed by atoms with Crippen LogP contribution in [-0.2, 0) is 5.75 Å². The van der Waals surface area contributed by atoms with E-state index < -0.39 is 0 Å². The van der Waals surface area contributed by atoms with E-state index in [1.54, 1.807) is 0 Å². The number of nitrogens with one attached hydrogen (secondary N) is 1. The Morgan fingerprint density at radius 1 is 1.47 bits per heavy atom. The molecule has 1 fully saturated rings. The molecule has 15 heavy (non-hydrogen) atoms. The average molecular weight is 287 g/mol. The van der Waals surface area contributed by atoms with Crippen LogP contribution in [0.25, 0.3) is 0 Å². The zero-order valence-corrected chi connectivity index (χ0v) is 11.1. The lowest BCUT2D eigenvalue weighted by atomic mass is 10.2. The molecular formula is C11H15BrN2S. The fourth-order valence-electron chi connectivity index (χ4n) is 1.34. The maximum atomic E-state index is 3.44. The van der Waals surface area contributed by atoms with E-state index in [1.807, 2.05) is 11.9 Å². The molecule has 1 aromatic carbocycles. The molecule has 0 spiro atoms. The molecule has 0 radical (unpaired) electrons. The van der Waals surface area contributed by atoms with Gasteiger partial charge >= 0.3 is 0 Å². The Bertz CT molecular complexity index is 311. The molecule has 1 aromatic rings. The molecule has 0 bridgehead atoms. The maximum absolute atomic E-state index is 3.44. The normalized spacial score (nSPS) is 19.5. The number of likely N-dealkylation sites (N-methyl/N-ethyl adjacent to an activating group) is 1. The summed E-state index contributed by atoms with van der Waals surface area (Å²) in [5.41, 5.74) is 1.37. The van der Waals surface area contributed by atoms with Gasteiger partial charge < -0.3 is 5.32 Å². The topological polar surface area (TPSA) is 25.2 Å². The van der Waals surface area contributed by atoms with Crippen molar-refractivity contribution < 1.29 is 0 Å². The molecule has 2 rings (SSSR count). The van der Waals surface area contributed by atoms with E-state index in [0.29, 0.717) is 0 Å². The standard InChI is InChI=1S/C11H15BrN2S/c1-14(7-11-6-13-11)15-8-9-2-4-10(12)5-3-9/h2-5,11,13H,6-8H2,1H3. The summed E-state index contributed by atoms with van der Waals surface area (Å²) in [6.45, 7) is 2.32. The van der Waals surface area contributed by atoms with Gasteiger partial charge in [0.2, 0.25) is 0 Å². The Kier molecular flexibility index (Phi) is 4.08. The minimum absolute atomic E-state index is 0.729. The zero-order chi connectivity index (χ0) is 10.7. The van der Waals surface area contributed by atoms with Gasteiger partial charge in [0.05, 0.1) is 0 Å². The molecule has 0 aliphatic carbocycles. The van der Waals surface area contributed by atoms with Crippen LogP contribution >= 0.6 is 27.9 Å². The molecule has 1 heterocycles. The Balaban J connectivity index is 1.74. The van der Waals surface area contributed by atoms with Crippen LogP contribution < -0.4 is 5.32 Å². The van der Waals surface area contributed by atoms with Gasteiger partial charge in [-0.25, -0.2) is 0 Å². The van der Waals surface area contributed by atoms with E-state index in [2.05, 4.69) is 56.9 Å². The molecule has 82 valence electrons. The third-order valence-corrected chi connectivity index (χ3v) is 3.92. The van der Waals surface area contributed by atoms with Gasteiger partial charge in [-0.1, -0.05) is 40.0 Å². The fraction of sp³-hybridized carbons (Fsp3) is 0.455. The first kappa shape index (κ1) is 11.5. The molecule has 1 unspecified atom stereocenters. The lowest BCUT2D eigenvalue weighted by Crippen LogP contribution is -2.17. The highest BCUT2D eigenvalue weighted by Crippen LogP contribution is 2.18. The Labute approximate surface area is 104 Å².